The second-order valence-corrected chi connectivity index (χ2v) is 9.99. The van der Waals surface area contributed by atoms with Gasteiger partial charge < -0.3 is 0 Å². The Morgan fingerprint density at radius 2 is 1.87 bits per heavy atom. The molecule has 0 saturated carbocycles. The monoisotopic (exact) mass is 457 g/mol. The number of thiophene rings is 1. The normalized spacial score (nSPS) is 16.3. The highest BCUT2D eigenvalue weighted by Crippen LogP contribution is 2.34. The molecule has 0 spiro atoms. The molecule has 1 N–H and O–H groups in total. The first kappa shape index (κ1) is 21.2. The first-order valence-electron chi connectivity index (χ1n) is 9.67. The van der Waals surface area contributed by atoms with E-state index in [-0.39, 0.29) is 23.5 Å². The molecule has 1 aliphatic rings. The zero-order chi connectivity index (χ0) is 22.0. The van der Waals surface area contributed by atoms with E-state index in [1.165, 1.54) is 28.5 Å². The van der Waals surface area contributed by atoms with Crippen molar-refractivity contribution in [3.8, 4) is 0 Å². The fraction of sp³-hybridized carbons (Fsp3) is 0.182. The lowest BCUT2D eigenvalue weighted by atomic mass is 9.98. The van der Waals surface area contributed by atoms with Crippen molar-refractivity contribution in [2.75, 3.05) is 10.5 Å². The summed E-state index contributed by atoms with van der Waals surface area (Å²) < 4.78 is 39.4. The summed E-state index contributed by atoms with van der Waals surface area (Å²) in [6.45, 7) is 1.57. The molecule has 3 aromatic rings. The van der Waals surface area contributed by atoms with Gasteiger partial charge in [-0.1, -0.05) is 30.3 Å². The number of nitrogens with one attached hydrogen (secondary N) is 1. The van der Waals surface area contributed by atoms with Crippen molar-refractivity contribution in [2.24, 2.45) is 5.10 Å². The van der Waals surface area contributed by atoms with E-state index in [9.17, 15) is 17.6 Å². The molecule has 2 aromatic carbocycles. The van der Waals surface area contributed by atoms with Crippen LogP contribution in [0.3, 0.4) is 0 Å². The van der Waals surface area contributed by atoms with E-state index >= 15 is 0 Å². The highest BCUT2D eigenvalue weighted by Gasteiger charge is 2.34. The van der Waals surface area contributed by atoms with Gasteiger partial charge in [0, 0.05) is 12.1 Å². The van der Waals surface area contributed by atoms with Gasteiger partial charge in [0.15, 0.2) is 0 Å². The summed E-state index contributed by atoms with van der Waals surface area (Å²) in [4.78, 5) is 13.6. The summed E-state index contributed by atoms with van der Waals surface area (Å²) >= 11 is 1.34. The second kappa shape index (κ2) is 8.60. The maximum Gasteiger partial charge on any atom is 0.284 e. The number of amides is 1. The smallest absolute Gasteiger partial charge is 0.284 e. The lowest BCUT2D eigenvalue weighted by molar-refractivity contribution is 0.0716. The van der Waals surface area contributed by atoms with Gasteiger partial charge in [0.05, 0.1) is 22.4 Å². The highest BCUT2D eigenvalue weighted by molar-refractivity contribution is 7.92. The molecule has 9 heteroatoms. The molecule has 1 aromatic heterocycles. The molecule has 1 atom stereocenters. The third kappa shape index (κ3) is 4.67. The molecular weight excluding hydrogens is 437 g/mol. The molecule has 0 aliphatic carbocycles. The van der Waals surface area contributed by atoms with Gasteiger partial charge in [-0.05, 0) is 53.8 Å². The van der Waals surface area contributed by atoms with E-state index < -0.39 is 10.0 Å². The van der Waals surface area contributed by atoms with E-state index in [0.717, 1.165) is 11.1 Å². The number of hydrogen-bond acceptors (Lipinski definition) is 5. The number of anilines is 1. The fourth-order valence-corrected chi connectivity index (χ4v) is 4.61. The zero-order valence-corrected chi connectivity index (χ0v) is 18.3. The van der Waals surface area contributed by atoms with Gasteiger partial charge >= 0.3 is 0 Å². The van der Waals surface area contributed by atoms with Gasteiger partial charge in [0.1, 0.15) is 5.82 Å². The van der Waals surface area contributed by atoms with Crippen LogP contribution in [0, 0.1) is 5.82 Å². The largest absolute Gasteiger partial charge is 0.284 e. The number of hydrogen-bond donors (Lipinski definition) is 1. The fourth-order valence-electron chi connectivity index (χ4n) is 3.31. The molecule has 0 saturated heterocycles. The molecule has 1 amide bonds. The molecule has 160 valence electrons. The SMILES string of the molecule is CCS(=O)(=O)Nc1ccc(C2=NN(C(=O)c3cccs3)[C@@H](c3ccc(F)cc3)C2)cc1. The Labute approximate surface area is 184 Å². The van der Waals surface area contributed by atoms with E-state index in [0.29, 0.717) is 22.7 Å². The standard InChI is InChI=1S/C22H20FN3O3S2/c1-2-31(28,29)25-18-11-7-15(8-12-18)19-14-20(16-5-9-17(23)10-6-16)26(24-19)22(27)21-4-3-13-30-21/h3-13,20,25H,2,14H2,1H3/t20-/m1/s1. The molecule has 6 nitrogen and oxygen atoms in total. The van der Waals surface area contributed by atoms with Crippen molar-refractivity contribution in [3.05, 3.63) is 87.9 Å². The first-order valence-corrected chi connectivity index (χ1v) is 12.2. The van der Waals surface area contributed by atoms with E-state index in [2.05, 4.69) is 9.82 Å². The lowest BCUT2D eigenvalue weighted by Crippen LogP contribution is -2.26. The van der Waals surface area contributed by atoms with E-state index in [4.69, 9.17) is 0 Å². The van der Waals surface area contributed by atoms with Crippen LogP contribution < -0.4 is 4.72 Å². The topological polar surface area (TPSA) is 78.8 Å². The molecule has 1 aliphatic heterocycles. The Morgan fingerprint density at radius 1 is 1.16 bits per heavy atom. The Hall–Kier alpha value is -3.04. The summed E-state index contributed by atoms with van der Waals surface area (Å²) in [6, 6.07) is 16.1. The number of nitrogens with zero attached hydrogens (tertiary/aromatic N) is 2. The molecule has 4 rings (SSSR count). The van der Waals surface area contributed by atoms with Gasteiger partial charge in [-0.15, -0.1) is 11.3 Å². The Balaban J connectivity index is 1.64. The van der Waals surface area contributed by atoms with Crippen LogP contribution >= 0.6 is 11.3 Å². The number of benzene rings is 2. The van der Waals surface area contributed by atoms with Crippen LogP contribution in [-0.2, 0) is 10.0 Å². The molecule has 0 unspecified atom stereocenters. The van der Waals surface area contributed by atoms with Gasteiger partial charge in [-0.2, -0.15) is 5.10 Å². The quantitative estimate of drug-likeness (QED) is 0.586. The summed E-state index contributed by atoms with van der Waals surface area (Å²) in [5.74, 6) is -0.573. The zero-order valence-electron chi connectivity index (χ0n) is 16.7. The molecule has 31 heavy (non-hydrogen) atoms. The van der Waals surface area contributed by atoms with Crippen LogP contribution in [0.25, 0.3) is 0 Å². The summed E-state index contributed by atoms with van der Waals surface area (Å²) in [7, 11) is -3.36. The Morgan fingerprint density at radius 3 is 2.48 bits per heavy atom. The molecule has 2 heterocycles. The first-order chi connectivity index (χ1) is 14.9. The highest BCUT2D eigenvalue weighted by atomic mass is 32.2. The van der Waals surface area contributed by atoms with Crippen molar-refractivity contribution in [1.29, 1.82) is 0 Å². The van der Waals surface area contributed by atoms with Crippen LogP contribution in [-0.4, -0.2) is 30.8 Å². The van der Waals surface area contributed by atoms with Gasteiger partial charge in [-0.3, -0.25) is 9.52 Å². The summed E-state index contributed by atoms with van der Waals surface area (Å²) in [6.07, 6.45) is 0.461. The predicted molar refractivity (Wildman–Crippen MR) is 120 cm³/mol. The van der Waals surface area contributed by atoms with Crippen LogP contribution in [0.5, 0.6) is 0 Å². The maximum atomic E-state index is 13.4. The average Bonchev–Trinajstić information content (AvgIpc) is 3.45. The van der Waals surface area contributed by atoms with Crippen LogP contribution in [0.2, 0.25) is 0 Å². The summed E-state index contributed by atoms with van der Waals surface area (Å²) in [5, 5.41) is 7.87. The van der Waals surface area contributed by atoms with Crippen molar-refractivity contribution in [3.63, 3.8) is 0 Å². The van der Waals surface area contributed by atoms with Crippen molar-refractivity contribution in [2.45, 2.75) is 19.4 Å². The van der Waals surface area contributed by atoms with E-state index in [1.807, 2.05) is 11.4 Å². The Bertz CT molecular complexity index is 1210. The van der Waals surface area contributed by atoms with Crippen LogP contribution in [0.1, 0.15) is 40.2 Å². The molecule has 0 bridgehead atoms. The third-order valence-electron chi connectivity index (χ3n) is 4.98. The van der Waals surface area contributed by atoms with Crippen LogP contribution in [0.4, 0.5) is 10.1 Å². The van der Waals surface area contributed by atoms with E-state index in [1.54, 1.807) is 49.4 Å². The van der Waals surface area contributed by atoms with Gasteiger partial charge in [-0.25, -0.2) is 17.8 Å². The second-order valence-electron chi connectivity index (χ2n) is 7.03. The van der Waals surface area contributed by atoms with Crippen LogP contribution in [0.15, 0.2) is 71.1 Å². The van der Waals surface area contributed by atoms with Gasteiger partial charge in [0.25, 0.3) is 5.91 Å². The molecule has 0 fully saturated rings. The lowest BCUT2D eigenvalue weighted by Gasteiger charge is -2.21. The summed E-state index contributed by atoms with van der Waals surface area (Å²) in [5.41, 5.74) is 2.74. The third-order valence-corrected chi connectivity index (χ3v) is 7.14. The number of halogens is 1. The Kier molecular flexibility index (Phi) is 5.88. The van der Waals surface area contributed by atoms with Crippen molar-refractivity contribution in [1.82, 2.24) is 5.01 Å². The number of rotatable bonds is 6. The minimum absolute atomic E-state index is 0.0133. The average molecular weight is 458 g/mol. The van der Waals surface area contributed by atoms with Gasteiger partial charge in [0.2, 0.25) is 10.0 Å². The van der Waals surface area contributed by atoms with Crippen molar-refractivity contribution < 1.29 is 17.6 Å². The predicted octanol–water partition coefficient (Wildman–Crippen LogP) is 4.64. The number of hydrazone groups is 1. The number of carbonyl (C=O) groups excluding carboxylic acids is 1. The number of sulfonamides is 1. The molecule has 0 radical (unpaired) electrons. The number of carbonyl (C=O) groups is 1. The van der Waals surface area contributed by atoms with Crippen molar-refractivity contribution >= 4 is 38.7 Å². The molecular formula is C22H20FN3O3S2. The minimum atomic E-state index is -3.36. The maximum absolute atomic E-state index is 13.4. The minimum Gasteiger partial charge on any atom is -0.284 e.